The lowest BCUT2D eigenvalue weighted by molar-refractivity contribution is -0.0494. The van der Waals surface area contributed by atoms with Crippen molar-refractivity contribution in [2.24, 2.45) is 13.0 Å². The molecule has 1 unspecified atom stereocenters. The zero-order valence-corrected chi connectivity index (χ0v) is 24.2. The average Bonchev–Trinajstić information content (AvgIpc) is 3.76. The van der Waals surface area contributed by atoms with Crippen molar-refractivity contribution >= 4 is 27.1 Å². The van der Waals surface area contributed by atoms with Crippen molar-refractivity contribution in [3.8, 4) is 17.0 Å². The molecule has 13 nitrogen and oxygen atoms in total. The van der Waals surface area contributed by atoms with Gasteiger partial charge in [-0.25, -0.2) is 17.9 Å². The molecule has 0 spiro atoms. The maximum Gasteiger partial charge on any atom is 0.387 e. The van der Waals surface area contributed by atoms with E-state index in [1.165, 1.54) is 52.3 Å². The Bertz CT molecular complexity index is 1980. The summed E-state index contributed by atoms with van der Waals surface area (Å²) >= 11 is 0. The van der Waals surface area contributed by atoms with Crippen molar-refractivity contribution < 1.29 is 26.7 Å². The van der Waals surface area contributed by atoms with E-state index >= 15 is 0 Å². The van der Waals surface area contributed by atoms with Crippen LogP contribution >= 0.6 is 0 Å². The Hall–Kier alpha value is -4.70. The number of piperidine rings is 3. The molecule has 0 aliphatic carbocycles. The Labute approximate surface area is 250 Å². The summed E-state index contributed by atoms with van der Waals surface area (Å²) in [5, 5.41) is 15.6. The fraction of sp³-hybridized carbons (Fsp3) is 0.321. The molecule has 3 saturated heterocycles. The zero-order valence-electron chi connectivity index (χ0n) is 23.4. The van der Waals surface area contributed by atoms with Gasteiger partial charge in [0, 0.05) is 43.9 Å². The van der Waals surface area contributed by atoms with Gasteiger partial charge in [0.05, 0.1) is 29.0 Å². The van der Waals surface area contributed by atoms with Crippen LogP contribution in [0.5, 0.6) is 5.75 Å². The van der Waals surface area contributed by atoms with Crippen LogP contribution in [0.2, 0.25) is 0 Å². The van der Waals surface area contributed by atoms with E-state index in [1.807, 2.05) is 0 Å². The molecule has 1 aromatic carbocycles. The van der Waals surface area contributed by atoms with Gasteiger partial charge in [-0.05, 0) is 56.1 Å². The molecule has 1 atom stereocenters. The number of halogens is 2. The first-order valence-corrected chi connectivity index (χ1v) is 15.4. The van der Waals surface area contributed by atoms with Gasteiger partial charge in [0.25, 0.3) is 5.91 Å². The van der Waals surface area contributed by atoms with Gasteiger partial charge in [0.1, 0.15) is 21.9 Å². The van der Waals surface area contributed by atoms with E-state index in [1.54, 1.807) is 24.0 Å². The number of nitrogens with one attached hydrogen (secondary N) is 1. The van der Waals surface area contributed by atoms with Crippen LogP contribution in [-0.4, -0.2) is 79.6 Å². The molecule has 1 amide bonds. The van der Waals surface area contributed by atoms with Gasteiger partial charge in [-0.15, -0.1) is 0 Å². The van der Waals surface area contributed by atoms with E-state index in [0.29, 0.717) is 11.6 Å². The lowest BCUT2D eigenvalue weighted by Gasteiger charge is -2.44. The minimum absolute atomic E-state index is 0.0162. The number of benzene rings is 1. The predicted molar refractivity (Wildman–Crippen MR) is 152 cm³/mol. The maximum atomic E-state index is 13.8. The zero-order chi connectivity index (χ0) is 30.6. The molecular formula is C28H27F2N9O4S. The van der Waals surface area contributed by atoms with Gasteiger partial charge in [-0.2, -0.15) is 24.1 Å². The number of aryl methyl sites for hydroxylation is 1. The smallest absolute Gasteiger partial charge is 0.387 e. The number of hydrogen-bond acceptors (Lipinski definition) is 9. The van der Waals surface area contributed by atoms with E-state index in [9.17, 15) is 22.0 Å². The molecular weight excluding hydrogens is 596 g/mol. The highest BCUT2D eigenvalue weighted by atomic mass is 32.2. The summed E-state index contributed by atoms with van der Waals surface area (Å²) in [4.78, 5) is 19.6. The third-order valence-corrected chi connectivity index (χ3v) is 9.89. The maximum absolute atomic E-state index is 13.8. The highest BCUT2D eigenvalue weighted by molar-refractivity contribution is 7.91. The number of fused-ring (bicyclic) bond motifs is 4. The largest absolute Gasteiger partial charge is 0.434 e. The van der Waals surface area contributed by atoms with Gasteiger partial charge < -0.3 is 15.0 Å². The Balaban J connectivity index is 1.24. The Kier molecular flexibility index (Phi) is 6.88. The summed E-state index contributed by atoms with van der Waals surface area (Å²) in [5.74, 6) is -0.455. The molecule has 0 saturated carbocycles. The number of nitrogens with zero attached hydrogens (tertiary/aromatic N) is 8. The fourth-order valence-electron chi connectivity index (χ4n) is 6.03. The minimum atomic E-state index is -4.12. The van der Waals surface area contributed by atoms with Crippen LogP contribution in [0, 0.1) is 5.92 Å². The summed E-state index contributed by atoms with van der Waals surface area (Å²) in [6.45, 7) is -0.303. The van der Waals surface area contributed by atoms with Crippen molar-refractivity contribution in [3.63, 3.8) is 0 Å². The molecule has 3 fully saturated rings. The number of amides is 1. The van der Waals surface area contributed by atoms with Crippen molar-refractivity contribution in [1.29, 1.82) is 0 Å². The number of alkyl halides is 2. The molecule has 2 bridgehead atoms. The van der Waals surface area contributed by atoms with Crippen LogP contribution in [0.25, 0.3) is 16.9 Å². The molecule has 228 valence electrons. The molecule has 7 heterocycles. The molecule has 16 heteroatoms. The topological polar surface area (TPSA) is 142 Å². The fourth-order valence-corrected chi connectivity index (χ4v) is 7.25. The molecule has 1 N–H and O–H groups in total. The Morgan fingerprint density at radius 1 is 1.11 bits per heavy atom. The molecule has 8 rings (SSSR count). The van der Waals surface area contributed by atoms with Gasteiger partial charge >= 0.3 is 6.61 Å². The van der Waals surface area contributed by atoms with Crippen molar-refractivity contribution in [3.05, 3.63) is 67.0 Å². The molecule has 3 aliphatic rings. The summed E-state index contributed by atoms with van der Waals surface area (Å²) < 4.78 is 63.7. The first kappa shape index (κ1) is 28.1. The van der Waals surface area contributed by atoms with E-state index in [2.05, 4.69) is 30.5 Å². The van der Waals surface area contributed by atoms with Crippen molar-refractivity contribution in [2.45, 2.75) is 35.3 Å². The van der Waals surface area contributed by atoms with Gasteiger partial charge in [0.15, 0.2) is 5.65 Å². The second kappa shape index (κ2) is 10.8. The highest BCUT2D eigenvalue weighted by Crippen LogP contribution is 2.39. The van der Waals surface area contributed by atoms with Crippen LogP contribution in [0.15, 0.2) is 71.2 Å². The Morgan fingerprint density at radius 3 is 2.68 bits per heavy atom. The molecule has 44 heavy (non-hydrogen) atoms. The Morgan fingerprint density at radius 2 is 1.93 bits per heavy atom. The summed E-state index contributed by atoms with van der Waals surface area (Å²) in [6.07, 6.45) is 10.9. The predicted octanol–water partition coefficient (Wildman–Crippen LogP) is 3.28. The number of sulfone groups is 1. The monoisotopic (exact) mass is 623 g/mol. The number of carbonyl (C=O) groups is 1. The molecule has 3 aliphatic heterocycles. The second-order valence-corrected chi connectivity index (χ2v) is 12.8. The van der Waals surface area contributed by atoms with E-state index in [0.717, 1.165) is 38.5 Å². The summed E-state index contributed by atoms with van der Waals surface area (Å²) in [7, 11) is -2.54. The van der Waals surface area contributed by atoms with E-state index in [4.69, 9.17) is 4.74 Å². The summed E-state index contributed by atoms with van der Waals surface area (Å²) in [5.41, 5.74) is 0.590. The molecule has 4 aromatic heterocycles. The lowest BCUT2D eigenvalue weighted by atomic mass is 9.84. The second-order valence-electron chi connectivity index (χ2n) is 10.9. The van der Waals surface area contributed by atoms with Crippen LogP contribution in [-0.2, 0) is 16.9 Å². The third kappa shape index (κ3) is 4.98. The van der Waals surface area contributed by atoms with Crippen LogP contribution in [0.3, 0.4) is 0 Å². The van der Waals surface area contributed by atoms with Crippen LogP contribution in [0.1, 0.15) is 29.2 Å². The van der Waals surface area contributed by atoms with Crippen LogP contribution in [0.4, 0.5) is 14.5 Å². The summed E-state index contributed by atoms with van der Waals surface area (Å²) in [6, 6.07) is 5.32. The standard InChI is InChI=1S/C28H27F2N9O4S/c1-36-15-22(34-27(40)21-13-33-38-8-2-7-31-26(21)38)25(35-36)20-11-18(3-4-24(20)43-28(29)30)44(41,42)19-12-32-39(14-19)23-16-37-9-5-17(23)6-10-37/h2-4,7-8,11-15,17,23,28H,5-6,9-10,16H2,1H3,(H,34,40). The normalized spacial score (nSPS) is 20.0. The number of anilines is 1. The number of ether oxygens (including phenoxy) is 1. The van der Waals surface area contributed by atoms with E-state index in [-0.39, 0.29) is 44.1 Å². The highest BCUT2D eigenvalue weighted by Gasteiger charge is 2.36. The SMILES string of the molecule is Cn1cc(NC(=O)c2cnn3cccnc23)c(-c2cc(S(=O)(=O)c3cnn(C4CN5CCC4CC5)c3)ccc2OC(F)F)n1. The van der Waals surface area contributed by atoms with Gasteiger partial charge in [-0.3, -0.25) is 14.2 Å². The first-order valence-electron chi connectivity index (χ1n) is 13.9. The lowest BCUT2D eigenvalue weighted by Crippen LogP contribution is -2.48. The van der Waals surface area contributed by atoms with Crippen molar-refractivity contribution in [1.82, 2.24) is 39.1 Å². The van der Waals surface area contributed by atoms with Crippen LogP contribution < -0.4 is 10.1 Å². The third-order valence-electron chi connectivity index (χ3n) is 8.18. The van der Waals surface area contributed by atoms with Gasteiger partial charge in [0.2, 0.25) is 9.84 Å². The quantitative estimate of drug-likeness (QED) is 0.276. The minimum Gasteiger partial charge on any atom is -0.434 e. The molecule has 5 aromatic rings. The number of carbonyl (C=O) groups excluding carboxylic acids is 1. The van der Waals surface area contributed by atoms with E-state index < -0.39 is 22.4 Å². The number of hydrogen-bond donors (Lipinski definition) is 1. The first-order chi connectivity index (χ1) is 21.2. The number of rotatable bonds is 8. The van der Waals surface area contributed by atoms with Gasteiger partial charge in [-0.1, -0.05) is 0 Å². The number of aromatic nitrogens is 7. The average molecular weight is 624 g/mol. The molecule has 0 radical (unpaired) electrons. The van der Waals surface area contributed by atoms with Crippen molar-refractivity contribution in [2.75, 3.05) is 25.0 Å².